The maximum atomic E-state index is 12.9. The molecule has 0 aliphatic heterocycles. The van der Waals surface area contributed by atoms with Crippen molar-refractivity contribution in [2.45, 2.75) is 91.4 Å². The Labute approximate surface area is 228 Å². The number of hydrogen-bond acceptors (Lipinski definition) is 7. The summed E-state index contributed by atoms with van der Waals surface area (Å²) in [4.78, 5) is 62.7. The van der Waals surface area contributed by atoms with Crippen LogP contribution >= 0.6 is 11.8 Å². The van der Waals surface area contributed by atoms with Crippen molar-refractivity contribution in [3.63, 3.8) is 0 Å². The number of thioether (sulfide) groups is 1. The first-order valence-corrected chi connectivity index (χ1v) is 14.0. The summed E-state index contributed by atoms with van der Waals surface area (Å²) in [7, 11) is 0. The molecule has 0 saturated heterocycles. The van der Waals surface area contributed by atoms with E-state index in [9.17, 15) is 29.1 Å². The standard InChI is InChI=1S/C25H47N5O6S/c1-8-15(5)20(26)23(33)30-21(16(6)9-2)24(34)27-13-19(31)28-18(12-14(3)4)22(32)29-17(25(35)36)10-11-37-7/h14-18,20-21H,8-13,26H2,1-7H3,(H,27,34)(H,28,31)(H,29,32)(H,30,33)(H,35,36)/t15-,16-,17-,18-,20-,21-/m0/s1/i3T,14T/t14?,15-,16-,17-,18-,20-,21-. The smallest absolute Gasteiger partial charge is 0.326 e. The lowest BCUT2D eigenvalue weighted by Crippen LogP contribution is -2.57. The summed E-state index contributed by atoms with van der Waals surface area (Å²) in [6.45, 7) is 7.94. The zero-order valence-electron chi connectivity index (χ0n) is 24.9. The second-order valence-corrected chi connectivity index (χ2v) is 10.4. The van der Waals surface area contributed by atoms with Gasteiger partial charge in [0, 0.05) is 2.74 Å². The number of carboxylic acids is 1. The van der Waals surface area contributed by atoms with Crippen LogP contribution in [0.1, 0.15) is 69.9 Å². The molecule has 1 unspecified atom stereocenters. The van der Waals surface area contributed by atoms with Crippen molar-refractivity contribution in [3.8, 4) is 0 Å². The van der Waals surface area contributed by atoms with Gasteiger partial charge in [-0.3, -0.25) is 19.2 Å². The lowest BCUT2D eigenvalue weighted by atomic mass is 9.95. The van der Waals surface area contributed by atoms with Crippen molar-refractivity contribution < 1.29 is 31.8 Å². The second kappa shape index (κ2) is 18.0. The minimum absolute atomic E-state index is 0.0904. The highest BCUT2D eigenvalue weighted by Gasteiger charge is 2.30. The third-order valence-electron chi connectivity index (χ3n) is 6.21. The molecule has 0 heterocycles. The molecule has 0 aliphatic rings. The average molecular weight is 550 g/mol. The molecule has 0 radical (unpaired) electrons. The summed E-state index contributed by atoms with van der Waals surface area (Å²) in [5.74, 6) is -5.08. The molecule has 37 heavy (non-hydrogen) atoms. The predicted octanol–water partition coefficient (Wildman–Crippen LogP) is 0.860. The van der Waals surface area contributed by atoms with E-state index in [-0.39, 0.29) is 31.6 Å². The van der Waals surface area contributed by atoms with Gasteiger partial charge in [0.1, 0.15) is 18.1 Å². The third-order valence-corrected chi connectivity index (χ3v) is 6.85. The summed E-state index contributed by atoms with van der Waals surface area (Å²) in [5.41, 5.74) is 6.00. The molecule has 11 nitrogen and oxygen atoms in total. The Morgan fingerprint density at radius 2 is 1.57 bits per heavy atom. The molecular formula is C25H47N5O6S. The normalized spacial score (nSPS) is 18.4. The van der Waals surface area contributed by atoms with Gasteiger partial charge >= 0.3 is 5.97 Å². The highest BCUT2D eigenvalue weighted by Crippen LogP contribution is 2.11. The van der Waals surface area contributed by atoms with Crippen LogP contribution in [0.15, 0.2) is 0 Å². The third kappa shape index (κ3) is 13.1. The first-order valence-electron chi connectivity index (χ1n) is 13.8. The van der Waals surface area contributed by atoms with Gasteiger partial charge < -0.3 is 32.1 Å². The van der Waals surface area contributed by atoms with Crippen molar-refractivity contribution in [1.82, 2.24) is 21.3 Å². The molecule has 214 valence electrons. The van der Waals surface area contributed by atoms with Crippen LogP contribution in [-0.2, 0) is 24.0 Å². The largest absolute Gasteiger partial charge is 0.480 e. The molecule has 0 aromatic heterocycles. The molecule has 7 N–H and O–H groups in total. The number of hydrogen-bond donors (Lipinski definition) is 6. The molecule has 0 rings (SSSR count). The first-order chi connectivity index (χ1) is 18.1. The Bertz CT molecular complexity index is 835. The van der Waals surface area contributed by atoms with Crippen molar-refractivity contribution >= 4 is 41.4 Å². The molecule has 0 spiro atoms. The molecule has 0 aromatic rings. The van der Waals surface area contributed by atoms with Crippen LogP contribution in [0, 0.1) is 17.7 Å². The molecular weight excluding hydrogens is 498 g/mol. The number of carbonyl (C=O) groups excluding carboxylic acids is 4. The Hall–Kier alpha value is -2.34. The fourth-order valence-corrected chi connectivity index (χ4v) is 3.78. The fraction of sp³-hybridized carbons (Fsp3) is 0.800. The highest BCUT2D eigenvalue weighted by atomic mass is 32.2. The Kier molecular flexibility index (Phi) is 15.0. The van der Waals surface area contributed by atoms with Crippen LogP contribution in [0.4, 0.5) is 0 Å². The van der Waals surface area contributed by atoms with Crippen molar-refractivity contribution in [2.24, 2.45) is 23.5 Å². The number of carboxylic acid groups (broad SMARTS) is 1. The van der Waals surface area contributed by atoms with E-state index >= 15 is 0 Å². The number of amides is 4. The number of nitrogens with two attached hydrogens (primary N) is 1. The van der Waals surface area contributed by atoms with Crippen LogP contribution in [0.25, 0.3) is 0 Å². The number of carbonyl (C=O) groups is 5. The van der Waals surface area contributed by atoms with E-state index < -0.39 is 66.2 Å². The van der Waals surface area contributed by atoms with Gasteiger partial charge in [-0.2, -0.15) is 11.8 Å². The molecule has 0 saturated carbocycles. The predicted molar refractivity (Wildman–Crippen MR) is 146 cm³/mol. The van der Waals surface area contributed by atoms with Crippen molar-refractivity contribution in [2.75, 3.05) is 18.6 Å². The first kappa shape index (κ1) is 30.9. The summed E-state index contributed by atoms with van der Waals surface area (Å²) in [5, 5.41) is 19.4. The fourth-order valence-electron chi connectivity index (χ4n) is 3.31. The zero-order chi connectivity index (χ0) is 30.3. The molecule has 7 atom stereocenters. The molecule has 12 heteroatoms. The monoisotopic (exact) mass is 549 g/mol. The Morgan fingerprint density at radius 1 is 0.946 bits per heavy atom. The molecule has 0 aromatic carbocycles. The van der Waals surface area contributed by atoms with Crippen LogP contribution in [-0.4, -0.2) is 77.4 Å². The summed E-state index contributed by atoms with van der Waals surface area (Å²) < 4.78 is 15.8. The summed E-state index contributed by atoms with van der Waals surface area (Å²) in [6.07, 6.45) is 2.98. The highest BCUT2D eigenvalue weighted by molar-refractivity contribution is 7.98. The van der Waals surface area contributed by atoms with Gasteiger partial charge in [0.2, 0.25) is 23.6 Å². The Morgan fingerprint density at radius 3 is 2.08 bits per heavy atom. The molecule has 0 aliphatic carbocycles. The van der Waals surface area contributed by atoms with E-state index in [0.29, 0.717) is 18.6 Å². The van der Waals surface area contributed by atoms with Gasteiger partial charge in [-0.25, -0.2) is 4.79 Å². The maximum Gasteiger partial charge on any atom is 0.326 e. The van der Waals surface area contributed by atoms with Gasteiger partial charge in [-0.1, -0.05) is 54.4 Å². The summed E-state index contributed by atoms with van der Waals surface area (Å²) in [6, 6.07) is -4.20. The quantitative estimate of drug-likeness (QED) is 0.146. The van der Waals surface area contributed by atoms with Crippen LogP contribution < -0.4 is 27.0 Å². The lowest BCUT2D eigenvalue weighted by molar-refractivity contribution is -0.142. The molecule has 0 bridgehead atoms. The minimum Gasteiger partial charge on any atom is -0.480 e. The van der Waals surface area contributed by atoms with Gasteiger partial charge in [0.15, 0.2) is 0 Å². The van der Waals surface area contributed by atoms with E-state index in [2.05, 4.69) is 21.3 Å². The van der Waals surface area contributed by atoms with Crippen LogP contribution in [0.2, 0.25) is 0 Å². The minimum atomic E-state index is -1.39. The number of nitrogens with one attached hydrogen (secondary N) is 4. The summed E-state index contributed by atoms with van der Waals surface area (Å²) >= 11 is 1.42. The van der Waals surface area contributed by atoms with E-state index in [1.165, 1.54) is 18.7 Å². The van der Waals surface area contributed by atoms with E-state index in [1.807, 2.05) is 20.8 Å². The second-order valence-electron chi connectivity index (χ2n) is 9.46. The van der Waals surface area contributed by atoms with Gasteiger partial charge in [-0.05, 0) is 42.6 Å². The van der Waals surface area contributed by atoms with E-state index in [4.69, 9.17) is 8.48 Å². The van der Waals surface area contributed by atoms with Gasteiger partial charge in [0.25, 0.3) is 0 Å². The van der Waals surface area contributed by atoms with Crippen molar-refractivity contribution in [3.05, 3.63) is 0 Å². The van der Waals surface area contributed by atoms with Gasteiger partial charge in [0.05, 0.1) is 12.6 Å². The van der Waals surface area contributed by atoms with Crippen molar-refractivity contribution in [1.29, 1.82) is 0 Å². The number of aliphatic carboxylic acids is 1. The SMILES string of the molecule is [3H]CC([3H])(C)C[C@H](NC(=O)CNC(=O)[C@@H](NC(=O)[C@@H](N)[C@@H](C)CC)[C@@H](C)CC)C(=O)N[C@@H](CCSC)C(=O)O. The van der Waals surface area contributed by atoms with Gasteiger partial charge in [-0.15, -0.1) is 0 Å². The average Bonchev–Trinajstić information content (AvgIpc) is 2.90. The lowest BCUT2D eigenvalue weighted by Gasteiger charge is -2.27. The van der Waals surface area contributed by atoms with E-state index in [0.717, 1.165) is 0 Å². The van der Waals surface area contributed by atoms with E-state index in [1.54, 1.807) is 13.2 Å². The van der Waals surface area contributed by atoms with Crippen LogP contribution in [0.5, 0.6) is 0 Å². The number of rotatable bonds is 18. The topological polar surface area (TPSA) is 180 Å². The maximum absolute atomic E-state index is 12.9. The van der Waals surface area contributed by atoms with Crippen LogP contribution in [0.3, 0.4) is 0 Å². The molecule has 4 amide bonds. The Balaban J connectivity index is 5.46. The zero-order valence-corrected chi connectivity index (χ0v) is 23.7. The molecule has 0 fully saturated rings.